The lowest BCUT2D eigenvalue weighted by Crippen LogP contribution is -2.29. The van der Waals surface area contributed by atoms with Crippen LogP contribution in [0.3, 0.4) is 0 Å². The third-order valence-corrected chi connectivity index (χ3v) is 4.14. The second-order valence-electron chi connectivity index (χ2n) is 5.50. The van der Waals surface area contributed by atoms with E-state index in [1.165, 1.54) is 13.1 Å². The van der Waals surface area contributed by atoms with Gasteiger partial charge in [-0.3, -0.25) is 4.79 Å². The van der Waals surface area contributed by atoms with E-state index in [0.717, 1.165) is 15.8 Å². The third kappa shape index (κ3) is 3.41. The number of para-hydroxylation sites is 1. The van der Waals surface area contributed by atoms with Crippen molar-refractivity contribution < 1.29 is 14.7 Å². The normalized spacial score (nSPS) is 11.5. The minimum atomic E-state index is -1.19. The maximum absolute atomic E-state index is 12.6. The van der Waals surface area contributed by atoms with E-state index in [1.807, 2.05) is 24.3 Å². The largest absolute Gasteiger partial charge is 0.477 e. The van der Waals surface area contributed by atoms with Gasteiger partial charge in [0.15, 0.2) is 0 Å². The van der Waals surface area contributed by atoms with Gasteiger partial charge in [-0.15, -0.1) is 0 Å². The van der Waals surface area contributed by atoms with Crippen molar-refractivity contribution in [2.45, 2.75) is 0 Å². The minimum absolute atomic E-state index is 0.121. The molecule has 0 saturated heterocycles. The standard InChI is InChI=1S/C19H15ClN2O3/c1-22(18(23)12-6-8-14(20)9-7-12)17(19(24)25)10-13-11-21-16-5-3-2-4-15(13)16/h2-11,21H,1H3,(H,24,25). The smallest absolute Gasteiger partial charge is 0.352 e. The summed E-state index contributed by atoms with van der Waals surface area (Å²) in [5.41, 5.74) is 1.83. The summed E-state index contributed by atoms with van der Waals surface area (Å²) in [5, 5.41) is 11.0. The van der Waals surface area contributed by atoms with Gasteiger partial charge in [0, 0.05) is 40.3 Å². The number of H-pyrrole nitrogens is 1. The van der Waals surface area contributed by atoms with Gasteiger partial charge < -0.3 is 15.0 Å². The van der Waals surface area contributed by atoms with Gasteiger partial charge in [-0.1, -0.05) is 29.8 Å². The molecule has 3 aromatic rings. The predicted octanol–water partition coefficient (Wildman–Crippen LogP) is 4.02. The fourth-order valence-electron chi connectivity index (χ4n) is 2.56. The number of likely N-dealkylation sites (N-methyl/N-ethyl adjacent to an activating group) is 1. The van der Waals surface area contributed by atoms with E-state index in [2.05, 4.69) is 4.98 Å². The third-order valence-electron chi connectivity index (χ3n) is 3.89. The van der Waals surface area contributed by atoms with Crippen LogP contribution >= 0.6 is 11.6 Å². The summed E-state index contributed by atoms with van der Waals surface area (Å²) < 4.78 is 0. The molecule has 1 heterocycles. The van der Waals surface area contributed by atoms with Crippen molar-refractivity contribution in [2.75, 3.05) is 7.05 Å². The molecule has 2 N–H and O–H groups in total. The number of nitrogens with zero attached hydrogens (tertiary/aromatic N) is 1. The Kier molecular flexibility index (Phi) is 4.59. The first-order chi connectivity index (χ1) is 12.0. The van der Waals surface area contributed by atoms with Crippen molar-refractivity contribution in [2.24, 2.45) is 0 Å². The molecule has 0 bridgehead atoms. The van der Waals surface area contributed by atoms with Crippen LogP contribution in [0.15, 0.2) is 60.4 Å². The number of aliphatic carboxylic acids is 1. The van der Waals surface area contributed by atoms with Crippen LogP contribution in [-0.4, -0.2) is 33.9 Å². The molecule has 1 amide bonds. The van der Waals surface area contributed by atoms with E-state index in [9.17, 15) is 14.7 Å². The molecular weight excluding hydrogens is 340 g/mol. The molecule has 5 nitrogen and oxygen atoms in total. The molecule has 0 radical (unpaired) electrons. The zero-order valence-electron chi connectivity index (χ0n) is 13.4. The maximum atomic E-state index is 12.6. The fraction of sp³-hybridized carbons (Fsp3) is 0.0526. The Balaban J connectivity index is 1.99. The average molecular weight is 355 g/mol. The minimum Gasteiger partial charge on any atom is -0.477 e. The molecule has 0 unspecified atom stereocenters. The number of aromatic amines is 1. The highest BCUT2D eigenvalue weighted by Crippen LogP contribution is 2.22. The van der Waals surface area contributed by atoms with Crippen molar-refractivity contribution in [3.8, 4) is 0 Å². The molecular formula is C19H15ClN2O3. The molecule has 0 atom stereocenters. The zero-order valence-corrected chi connectivity index (χ0v) is 14.1. The number of rotatable bonds is 4. The van der Waals surface area contributed by atoms with Gasteiger partial charge in [-0.25, -0.2) is 4.79 Å². The molecule has 0 fully saturated rings. The van der Waals surface area contributed by atoms with Crippen molar-refractivity contribution in [3.63, 3.8) is 0 Å². The summed E-state index contributed by atoms with van der Waals surface area (Å²) in [4.78, 5) is 28.5. The highest BCUT2D eigenvalue weighted by atomic mass is 35.5. The van der Waals surface area contributed by atoms with Crippen molar-refractivity contribution in [3.05, 3.63) is 76.6 Å². The number of halogens is 1. The highest BCUT2D eigenvalue weighted by molar-refractivity contribution is 6.30. The molecule has 1 aromatic heterocycles. The lowest BCUT2D eigenvalue weighted by atomic mass is 10.1. The Bertz CT molecular complexity index is 974. The van der Waals surface area contributed by atoms with Gasteiger partial charge in [-0.05, 0) is 36.4 Å². The van der Waals surface area contributed by atoms with Crippen molar-refractivity contribution in [1.82, 2.24) is 9.88 Å². The van der Waals surface area contributed by atoms with Crippen LogP contribution in [0.5, 0.6) is 0 Å². The first-order valence-electron chi connectivity index (χ1n) is 7.52. The molecule has 126 valence electrons. The van der Waals surface area contributed by atoms with Crippen LogP contribution in [0.4, 0.5) is 0 Å². The van der Waals surface area contributed by atoms with Crippen molar-refractivity contribution >= 4 is 40.5 Å². The molecule has 6 heteroatoms. The molecule has 0 saturated carbocycles. The van der Waals surface area contributed by atoms with Crippen LogP contribution < -0.4 is 0 Å². The Morgan fingerprint density at radius 2 is 1.80 bits per heavy atom. The number of carboxylic acids is 1. The molecule has 0 aliphatic carbocycles. The molecule has 0 spiro atoms. The number of hydrogen-bond donors (Lipinski definition) is 2. The zero-order chi connectivity index (χ0) is 18.0. The molecule has 3 rings (SSSR count). The number of hydrogen-bond acceptors (Lipinski definition) is 2. The Labute approximate surface area is 149 Å². The highest BCUT2D eigenvalue weighted by Gasteiger charge is 2.21. The van der Waals surface area contributed by atoms with Gasteiger partial charge in [0.2, 0.25) is 0 Å². The topological polar surface area (TPSA) is 73.4 Å². The van der Waals surface area contributed by atoms with Crippen molar-refractivity contribution in [1.29, 1.82) is 0 Å². The fourth-order valence-corrected chi connectivity index (χ4v) is 2.68. The van der Waals surface area contributed by atoms with Gasteiger partial charge in [0.1, 0.15) is 5.70 Å². The van der Waals surface area contributed by atoms with Gasteiger partial charge in [0.05, 0.1) is 0 Å². The molecule has 0 aliphatic rings. The Morgan fingerprint density at radius 3 is 2.48 bits per heavy atom. The number of aromatic nitrogens is 1. The molecule has 0 aliphatic heterocycles. The lowest BCUT2D eigenvalue weighted by molar-refractivity contribution is -0.133. The lowest BCUT2D eigenvalue weighted by Gasteiger charge is -2.18. The summed E-state index contributed by atoms with van der Waals surface area (Å²) in [7, 11) is 1.44. The first-order valence-corrected chi connectivity index (χ1v) is 7.90. The first kappa shape index (κ1) is 16.8. The van der Waals surface area contributed by atoms with Crippen LogP contribution in [0.25, 0.3) is 17.0 Å². The van der Waals surface area contributed by atoms with E-state index < -0.39 is 11.9 Å². The van der Waals surface area contributed by atoms with Gasteiger partial charge in [0.25, 0.3) is 5.91 Å². The van der Waals surface area contributed by atoms with Crippen LogP contribution in [0, 0.1) is 0 Å². The van der Waals surface area contributed by atoms with E-state index >= 15 is 0 Å². The summed E-state index contributed by atoms with van der Waals surface area (Å²) in [6, 6.07) is 13.8. The molecule has 25 heavy (non-hydrogen) atoms. The maximum Gasteiger partial charge on any atom is 0.352 e. The summed E-state index contributed by atoms with van der Waals surface area (Å²) in [6.07, 6.45) is 3.20. The van der Waals surface area contributed by atoms with Gasteiger partial charge >= 0.3 is 5.97 Å². The SMILES string of the molecule is CN(C(=O)c1ccc(Cl)cc1)C(=Cc1c[nH]c2ccccc12)C(=O)O. The average Bonchev–Trinajstić information content (AvgIpc) is 3.02. The summed E-state index contributed by atoms with van der Waals surface area (Å²) in [6.45, 7) is 0. The van der Waals surface area contributed by atoms with E-state index in [-0.39, 0.29) is 5.70 Å². The second kappa shape index (κ2) is 6.83. The summed E-state index contributed by atoms with van der Waals surface area (Å²) in [5.74, 6) is -1.61. The van der Waals surface area contributed by atoms with Crippen LogP contribution in [0.2, 0.25) is 5.02 Å². The Hall–Kier alpha value is -3.05. The van der Waals surface area contributed by atoms with Crippen LogP contribution in [-0.2, 0) is 4.79 Å². The Morgan fingerprint density at radius 1 is 1.12 bits per heavy atom. The number of benzene rings is 2. The quantitative estimate of drug-likeness (QED) is 0.695. The number of carbonyl (C=O) groups is 2. The molecule has 2 aromatic carbocycles. The van der Waals surface area contributed by atoms with Gasteiger partial charge in [-0.2, -0.15) is 0 Å². The van der Waals surface area contributed by atoms with E-state index in [4.69, 9.17) is 11.6 Å². The summed E-state index contributed by atoms with van der Waals surface area (Å²) >= 11 is 5.83. The number of amides is 1. The predicted molar refractivity (Wildman–Crippen MR) is 97.5 cm³/mol. The number of fused-ring (bicyclic) bond motifs is 1. The van der Waals surface area contributed by atoms with E-state index in [1.54, 1.807) is 30.5 Å². The number of carbonyl (C=O) groups excluding carboxylic acids is 1. The number of nitrogens with one attached hydrogen (secondary N) is 1. The monoisotopic (exact) mass is 354 g/mol. The number of carboxylic acid groups (broad SMARTS) is 1. The van der Waals surface area contributed by atoms with Crippen LogP contribution in [0.1, 0.15) is 15.9 Å². The van der Waals surface area contributed by atoms with E-state index in [0.29, 0.717) is 16.1 Å². The second-order valence-corrected chi connectivity index (χ2v) is 5.93.